The Kier molecular flexibility index (Phi) is 6.38. The number of piperidine rings is 1. The van der Waals surface area contributed by atoms with E-state index in [1.165, 1.54) is 5.56 Å². The second-order valence-corrected chi connectivity index (χ2v) is 8.93. The average Bonchev–Trinajstić information content (AvgIpc) is 2.68. The van der Waals surface area contributed by atoms with E-state index in [9.17, 15) is 9.59 Å². The smallest absolute Gasteiger partial charge is 0.255 e. The number of carbonyl (C=O) groups is 2. The van der Waals surface area contributed by atoms with Gasteiger partial charge in [0, 0.05) is 22.9 Å². The molecule has 29 heavy (non-hydrogen) atoms. The number of carbonyl (C=O) groups excluding carboxylic acids is 2. The van der Waals surface area contributed by atoms with E-state index in [1.54, 1.807) is 6.07 Å². The lowest BCUT2D eigenvalue weighted by atomic mass is 9.87. The highest BCUT2D eigenvalue weighted by atomic mass is 16.2. The van der Waals surface area contributed by atoms with E-state index in [-0.39, 0.29) is 23.1 Å². The van der Waals surface area contributed by atoms with Gasteiger partial charge in [-0.1, -0.05) is 39.0 Å². The average molecular weight is 394 g/mol. The molecule has 0 bridgehead atoms. The zero-order valence-corrected chi connectivity index (χ0v) is 17.8. The Morgan fingerprint density at radius 3 is 2.10 bits per heavy atom. The predicted octanol–water partition coefficient (Wildman–Crippen LogP) is 4.52. The Bertz CT molecular complexity index is 860. The van der Waals surface area contributed by atoms with Crippen LogP contribution >= 0.6 is 0 Å². The van der Waals surface area contributed by atoms with Gasteiger partial charge in [0.05, 0.1) is 0 Å². The molecule has 1 fully saturated rings. The van der Waals surface area contributed by atoms with Gasteiger partial charge in [-0.05, 0) is 74.3 Å². The van der Waals surface area contributed by atoms with E-state index in [4.69, 9.17) is 0 Å². The van der Waals surface area contributed by atoms with Gasteiger partial charge >= 0.3 is 0 Å². The summed E-state index contributed by atoms with van der Waals surface area (Å²) in [5, 5.41) is 5.91. The Balaban J connectivity index is 1.62. The summed E-state index contributed by atoms with van der Waals surface area (Å²) in [7, 11) is 2.08. The molecule has 3 rings (SSSR count). The first-order valence-electron chi connectivity index (χ1n) is 10.2. The van der Waals surface area contributed by atoms with Crippen LogP contribution in [0.25, 0.3) is 0 Å². The largest absolute Gasteiger partial charge is 0.326 e. The summed E-state index contributed by atoms with van der Waals surface area (Å²) in [6, 6.07) is 15.0. The van der Waals surface area contributed by atoms with Crippen LogP contribution in [-0.4, -0.2) is 36.9 Å². The van der Waals surface area contributed by atoms with Gasteiger partial charge in [-0.15, -0.1) is 0 Å². The lowest BCUT2D eigenvalue weighted by Gasteiger charge is -2.28. The molecule has 5 nitrogen and oxygen atoms in total. The number of rotatable bonds is 4. The van der Waals surface area contributed by atoms with Crippen LogP contribution < -0.4 is 10.6 Å². The molecule has 0 atom stereocenters. The molecule has 0 unspecified atom stereocenters. The van der Waals surface area contributed by atoms with Crippen LogP contribution in [0.2, 0.25) is 0 Å². The number of nitrogens with one attached hydrogen (secondary N) is 2. The summed E-state index contributed by atoms with van der Waals surface area (Å²) < 4.78 is 0. The Morgan fingerprint density at radius 2 is 1.52 bits per heavy atom. The van der Waals surface area contributed by atoms with Gasteiger partial charge in [0.1, 0.15) is 0 Å². The van der Waals surface area contributed by atoms with Gasteiger partial charge in [0.25, 0.3) is 5.91 Å². The van der Waals surface area contributed by atoms with Crippen molar-refractivity contribution < 1.29 is 9.59 Å². The van der Waals surface area contributed by atoms with Gasteiger partial charge in [0.2, 0.25) is 5.91 Å². The highest BCUT2D eigenvalue weighted by molar-refractivity contribution is 6.04. The van der Waals surface area contributed by atoms with E-state index in [0.717, 1.165) is 25.9 Å². The Morgan fingerprint density at radius 1 is 0.931 bits per heavy atom. The van der Waals surface area contributed by atoms with Crippen LogP contribution in [0.4, 0.5) is 11.4 Å². The quantitative estimate of drug-likeness (QED) is 0.803. The number of benzene rings is 2. The first kappa shape index (κ1) is 21.1. The summed E-state index contributed by atoms with van der Waals surface area (Å²) in [6.07, 6.45) is 1.76. The van der Waals surface area contributed by atoms with Crippen LogP contribution in [0.5, 0.6) is 0 Å². The van der Waals surface area contributed by atoms with Crippen molar-refractivity contribution >= 4 is 23.2 Å². The molecule has 2 amide bonds. The lowest BCUT2D eigenvalue weighted by Crippen LogP contribution is -2.35. The van der Waals surface area contributed by atoms with E-state index < -0.39 is 0 Å². The van der Waals surface area contributed by atoms with Gasteiger partial charge in [-0.3, -0.25) is 9.59 Å². The summed E-state index contributed by atoms with van der Waals surface area (Å²) in [4.78, 5) is 27.4. The van der Waals surface area contributed by atoms with Crippen molar-refractivity contribution in [3.63, 3.8) is 0 Å². The third-order valence-corrected chi connectivity index (χ3v) is 5.49. The Labute approximate surface area is 173 Å². The number of anilines is 2. The van der Waals surface area contributed by atoms with Crippen molar-refractivity contribution in [3.8, 4) is 0 Å². The fourth-order valence-electron chi connectivity index (χ4n) is 3.51. The molecule has 0 saturated carbocycles. The first-order valence-corrected chi connectivity index (χ1v) is 10.2. The summed E-state index contributed by atoms with van der Waals surface area (Å²) in [5.41, 5.74) is 3.22. The highest BCUT2D eigenvalue weighted by Gasteiger charge is 2.23. The van der Waals surface area contributed by atoms with Crippen molar-refractivity contribution in [2.75, 3.05) is 30.8 Å². The molecule has 5 heteroatoms. The normalized spacial score (nSPS) is 15.7. The summed E-state index contributed by atoms with van der Waals surface area (Å²) >= 11 is 0. The van der Waals surface area contributed by atoms with Gasteiger partial charge in [-0.2, -0.15) is 0 Å². The zero-order chi connectivity index (χ0) is 21.0. The minimum absolute atomic E-state index is 0.0470. The molecule has 0 spiro atoms. The molecule has 1 saturated heterocycles. The van der Waals surface area contributed by atoms with E-state index in [0.29, 0.717) is 16.9 Å². The number of likely N-dealkylation sites (tertiary alicyclic amines) is 1. The lowest BCUT2D eigenvalue weighted by molar-refractivity contribution is -0.121. The molecule has 0 aliphatic carbocycles. The fourth-order valence-corrected chi connectivity index (χ4v) is 3.51. The third-order valence-electron chi connectivity index (χ3n) is 5.49. The van der Waals surface area contributed by atoms with Gasteiger partial charge < -0.3 is 15.5 Å². The third kappa shape index (κ3) is 5.67. The fraction of sp³-hybridized carbons (Fsp3) is 0.417. The summed E-state index contributed by atoms with van der Waals surface area (Å²) in [5.74, 6) is -0.0608. The first-order chi connectivity index (χ1) is 13.7. The molecule has 2 aromatic rings. The zero-order valence-electron chi connectivity index (χ0n) is 17.8. The number of hydrogen-bond donors (Lipinski definition) is 2. The van der Waals surface area contributed by atoms with Gasteiger partial charge in [-0.25, -0.2) is 0 Å². The van der Waals surface area contributed by atoms with Crippen LogP contribution in [0.1, 0.15) is 49.5 Å². The van der Waals surface area contributed by atoms with Crippen molar-refractivity contribution in [2.24, 2.45) is 5.92 Å². The van der Waals surface area contributed by atoms with E-state index >= 15 is 0 Å². The molecule has 0 radical (unpaired) electrons. The summed E-state index contributed by atoms with van der Waals surface area (Å²) in [6.45, 7) is 8.33. The van der Waals surface area contributed by atoms with E-state index in [1.807, 2.05) is 42.5 Å². The topological polar surface area (TPSA) is 61.4 Å². The van der Waals surface area contributed by atoms with Crippen molar-refractivity contribution in [2.45, 2.75) is 39.0 Å². The predicted molar refractivity (Wildman–Crippen MR) is 118 cm³/mol. The van der Waals surface area contributed by atoms with Crippen LogP contribution in [0.3, 0.4) is 0 Å². The number of hydrogen-bond acceptors (Lipinski definition) is 3. The van der Waals surface area contributed by atoms with Crippen molar-refractivity contribution in [1.29, 1.82) is 0 Å². The minimum atomic E-state index is -0.163. The highest BCUT2D eigenvalue weighted by Crippen LogP contribution is 2.23. The molecular formula is C24H31N3O2. The maximum atomic E-state index is 12.6. The second kappa shape index (κ2) is 8.78. The minimum Gasteiger partial charge on any atom is -0.326 e. The van der Waals surface area contributed by atoms with Crippen LogP contribution in [-0.2, 0) is 10.2 Å². The van der Waals surface area contributed by atoms with Crippen LogP contribution in [0, 0.1) is 5.92 Å². The SMILES string of the molecule is CN1CCC(C(=O)Nc2cccc(NC(=O)c3ccc(C(C)(C)C)cc3)c2)CC1. The second-order valence-electron chi connectivity index (χ2n) is 8.93. The molecule has 154 valence electrons. The number of amides is 2. The Hall–Kier alpha value is -2.66. The maximum absolute atomic E-state index is 12.6. The molecule has 0 aromatic heterocycles. The van der Waals surface area contributed by atoms with Crippen molar-refractivity contribution in [1.82, 2.24) is 4.90 Å². The van der Waals surface area contributed by atoms with E-state index in [2.05, 4.69) is 43.4 Å². The molecule has 1 aliphatic rings. The molecular weight excluding hydrogens is 362 g/mol. The van der Waals surface area contributed by atoms with Crippen LogP contribution in [0.15, 0.2) is 48.5 Å². The standard InChI is InChI=1S/C24H31N3O2/c1-24(2,3)19-10-8-17(9-11-19)22(28)25-20-6-5-7-21(16-20)26-23(29)18-12-14-27(4)15-13-18/h5-11,16,18H,12-15H2,1-4H3,(H,25,28)(H,26,29). The van der Waals surface area contributed by atoms with Crippen molar-refractivity contribution in [3.05, 3.63) is 59.7 Å². The molecule has 2 N–H and O–H groups in total. The van der Waals surface area contributed by atoms with Gasteiger partial charge in [0.15, 0.2) is 0 Å². The molecule has 1 aliphatic heterocycles. The molecule has 1 heterocycles. The maximum Gasteiger partial charge on any atom is 0.255 e. The monoisotopic (exact) mass is 393 g/mol. The molecule has 2 aromatic carbocycles. The number of nitrogens with zero attached hydrogens (tertiary/aromatic N) is 1.